The Kier molecular flexibility index (Phi) is 4.73. The van der Waals surface area contributed by atoms with E-state index in [2.05, 4.69) is 12.2 Å². The predicted octanol–water partition coefficient (Wildman–Crippen LogP) is 1.72. The molecule has 1 saturated heterocycles. The number of quaternary nitrogens is 1. The van der Waals surface area contributed by atoms with Crippen molar-refractivity contribution in [2.45, 2.75) is 25.8 Å². The number of piperidine rings is 1. The molecule has 20 heavy (non-hydrogen) atoms. The minimum atomic E-state index is -0.345. The van der Waals surface area contributed by atoms with E-state index in [-0.39, 0.29) is 17.8 Å². The van der Waals surface area contributed by atoms with Gasteiger partial charge in [-0.25, -0.2) is 4.39 Å². The first kappa shape index (κ1) is 14.9. The number of nitrogens with zero attached hydrogens (tertiary/aromatic N) is 1. The minimum absolute atomic E-state index is 0.0773. The van der Waals surface area contributed by atoms with Crippen LogP contribution in [0.3, 0.4) is 0 Å². The van der Waals surface area contributed by atoms with Crippen molar-refractivity contribution < 1.29 is 13.7 Å². The number of benzene rings is 1. The Labute approximate surface area is 119 Å². The van der Waals surface area contributed by atoms with Crippen molar-refractivity contribution in [3.8, 4) is 0 Å². The third-order valence-electron chi connectivity index (χ3n) is 4.09. The molecule has 5 heteroatoms. The first-order chi connectivity index (χ1) is 9.53. The van der Waals surface area contributed by atoms with Gasteiger partial charge in [-0.15, -0.1) is 0 Å². The van der Waals surface area contributed by atoms with Gasteiger partial charge in [-0.1, -0.05) is 6.07 Å². The topological polar surface area (TPSA) is 55.1 Å². The molecule has 2 rings (SSSR count). The molecule has 0 saturated carbocycles. The van der Waals surface area contributed by atoms with E-state index < -0.39 is 0 Å². The Morgan fingerprint density at radius 3 is 3.00 bits per heavy atom. The van der Waals surface area contributed by atoms with Gasteiger partial charge in [0.15, 0.2) is 6.54 Å². The van der Waals surface area contributed by atoms with Crippen LogP contribution in [0.2, 0.25) is 0 Å². The zero-order valence-corrected chi connectivity index (χ0v) is 11.9. The summed E-state index contributed by atoms with van der Waals surface area (Å²) in [7, 11) is 0. The second-order valence-electron chi connectivity index (χ2n) is 5.68. The summed E-state index contributed by atoms with van der Waals surface area (Å²) in [6.07, 6.45) is 2.09. The molecular weight excluding hydrogens is 257 g/mol. The third-order valence-corrected chi connectivity index (χ3v) is 4.09. The number of rotatable bonds is 4. The highest BCUT2D eigenvalue weighted by molar-refractivity contribution is 5.91. The van der Waals surface area contributed by atoms with Crippen LogP contribution >= 0.6 is 0 Å². The van der Waals surface area contributed by atoms with Crippen molar-refractivity contribution in [3.63, 3.8) is 0 Å². The molecule has 0 aromatic heterocycles. The van der Waals surface area contributed by atoms with Gasteiger partial charge in [0.2, 0.25) is 0 Å². The van der Waals surface area contributed by atoms with E-state index >= 15 is 0 Å². The van der Waals surface area contributed by atoms with Gasteiger partial charge in [-0.3, -0.25) is 4.79 Å². The molecule has 0 bridgehead atoms. The van der Waals surface area contributed by atoms with Gasteiger partial charge in [0, 0.05) is 5.69 Å². The number of hydrogen-bond donors (Lipinski definition) is 2. The smallest absolute Gasteiger partial charge is 0.279 e. The number of likely N-dealkylation sites (N-methyl/N-ethyl adjacent to an activating group) is 1. The molecule has 1 fully saturated rings. The van der Waals surface area contributed by atoms with Crippen LogP contribution in [0.25, 0.3) is 0 Å². The van der Waals surface area contributed by atoms with Gasteiger partial charge in [0.1, 0.15) is 5.82 Å². The SMILES string of the molecule is CC[N+]1(CC(=O)Nc2cccc(F)c2)CCC[C@H](N)C1. The molecule has 1 aliphatic rings. The molecule has 0 aliphatic carbocycles. The van der Waals surface area contributed by atoms with Crippen LogP contribution in [-0.2, 0) is 4.79 Å². The fourth-order valence-corrected chi connectivity index (χ4v) is 2.98. The highest BCUT2D eigenvalue weighted by atomic mass is 19.1. The van der Waals surface area contributed by atoms with E-state index in [1.807, 2.05) is 0 Å². The lowest BCUT2D eigenvalue weighted by Crippen LogP contribution is -2.60. The van der Waals surface area contributed by atoms with Gasteiger partial charge in [0.25, 0.3) is 5.91 Å². The van der Waals surface area contributed by atoms with Crippen LogP contribution in [0.15, 0.2) is 24.3 Å². The monoisotopic (exact) mass is 280 g/mol. The maximum Gasteiger partial charge on any atom is 0.279 e. The highest BCUT2D eigenvalue weighted by Gasteiger charge is 2.34. The fourth-order valence-electron chi connectivity index (χ4n) is 2.98. The van der Waals surface area contributed by atoms with Crippen molar-refractivity contribution in [2.24, 2.45) is 5.73 Å². The average Bonchev–Trinajstić information content (AvgIpc) is 2.38. The summed E-state index contributed by atoms with van der Waals surface area (Å²) in [5.74, 6) is -0.422. The molecule has 110 valence electrons. The second-order valence-corrected chi connectivity index (χ2v) is 5.68. The Hall–Kier alpha value is -1.46. The van der Waals surface area contributed by atoms with Crippen LogP contribution in [0.5, 0.6) is 0 Å². The van der Waals surface area contributed by atoms with Crippen LogP contribution in [0.4, 0.5) is 10.1 Å². The lowest BCUT2D eigenvalue weighted by atomic mass is 10.0. The summed E-state index contributed by atoms with van der Waals surface area (Å²) >= 11 is 0. The largest absolute Gasteiger partial charge is 0.323 e. The van der Waals surface area contributed by atoms with Crippen molar-refractivity contribution in [1.82, 2.24) is 0 Å². The fraction of sp³-hybridized carbons (Fsp3) is 0.533. The quantitative estimate of drug-likeness (QED) is 0.825. The molecule has 1 heterocycles. The summed E-state index contributed by atoms with van der Waals surface area (Å²) in [5, 5.41) is 2.77. The highest BCUT2D eigenvalue weighted by Crippen LogP contribution is 2.18. The van der Waals surface area contributed by atoms with Gasteiger partial charge < -0.3 is 15.5 Å². The van der Waals surface area contributed by atoms with E-state index in [1.54, 1.807) is 12.1 Å². The number of hydrogen-bond acceptors (Lipinski definition) is 2. The first-order valence-corrected chi connectivity index (χ1v) is 7.19. The number of carbonyl (C=O) groups is 1. The van der Waals surface area contributed by atoms with Crippen molar-refractivity contribution in [1.29, 1.82) is 0 Å². The second kappa shape index (κ2) is 6.33. The standard InChI is InChI=1S/C15H22FN3O/c1-2-19(8-4-6-13(17)10-19)11-15(20)18-14-7-3-5-12(16)9-14/h3,5,7,9,13H,2,4,6,8,10-11,17H2,1H3/p+1/t13-,19?/m0/s1. The van der Waals surface area contributed by atoms with Crippen molar-refractivity contribution in [2.75, 3.05) is 31.5 Å². The Bertz CT molecular complexity index is 480. The van der Waals surface area contributed by atoms with E-state index in [4.69, 9.17) is 5.73 Å². The maximum absolute atomic E-state index is 13.1. The van der Waals surface area contributed by atoms with Crippen LogP contribution in [-0.4, -0.2) is 42.6 Å². The van der Waals surface area contributed by atoms with Gasteiger partial charge in [-0.2, -0.15) is 0 Å². The maximum atomic E-state index is 13.1. The van der Waals surface area contributed by atoms with Gasteiger partial charge >= 0.3 is 0 Å². The van der Waals surface area contributed by atoms with E-state index in [0.717, 1.165) is 37.0 Å². The molecule has 3 N–H and O–H groups in total. The number of halogens is 1. The van der Waals surface area contributed by atoms with Crippen molar-refractivity contribution in [3.05, 3.63) is 30.1 Å². The molecule has 0 spiro atoms. The predicted molar refractivity (Wildman–Crippen MR) is 77.6 cm³/mol. The lowest BCUT2D eigenvalue weighted by Gasteiger charge is -2.42. The van der Waals surface area contributed by atoms with Gasteiger partial charge in [-0.05, 0) is 38.0 Å². The van der Waals surface area contributed by atoms with Crippen LogP contribution < -0.4 is 11.1 Å². The molecule has 1 aromatic carbocycles. The first-order valence-electron chi connectivity index (χ1n) is 7.19. The molecular formula is C15H23FN3O+. The normalized spacial score (nSPS) is 26.2. The van der Waals surface area contributed by atoms with E-state index in [1.165, 1.54) is 12.1 Å². The summed E-state index contributed by atoms with van der Waals surface area (Å²) < 4.78 is 13.8. The number of nitrogens with one attached hydrogen (secondary N) is 1. The summed E-state index contributed by atoms with van der Waals surface area (Å²) in [4.78, 5) is 12.2. The number of amides is 1. The molecule has 1 aliphatic heterocycles. The third kappa shape index (κ3) is 3.77. The molecule has 1 aromatic rings. The number of nitrogens with two attached hydrogens (primary N) is 1. The zero-order valence-electron chi connectivity index (χ0n) is 11.9. The number of anilines is 1. The van der Waals surface area contributed by atoms with Gasteiger partial charge in [0.05, 0.1) is 25.7 Å². The van der Waals surface area contributed by atoms with Crippen LogP contribution in [0, 0.1) is 5.82 Å². The average molecular weight is 280 g/mol. The summed E-state index contributed by atoms with van der Waals surface area (Å²) in [6.45, 7) is 5.21. The van der Waals surface area contributed by atoms with Crippen LogP contribution in [0.1, 0.15) is 19.8 Å². The van der Waals surface area contributed by atoms with Crippen molar-refractivity contribution >= 4 is 11.6 Å². The lowest BCUT2D eigenvalue weighted by molar-refractivity contribution is -0.924. The molecule has 1 amide bonds. The molecule has 0 radical (unpaired) electrons. The summed E-state index contributed by atoms with van der Waals surface area (Å²) in [5.41, 5.74) is 6.54. The molecule has 4 nitrogen and oxygen atoms in total. The number of carbonyl (C=O) groups excluding carboxylic acids is 1. The Morgan fingerprint density at radius 1 is 1.55 bits per heavy atom. The van der Waals surface area contributed by atoms with E-state index in [9.17, 15) is 9.18 Å². The summed E-state index contributed by atoms with van der Waals surface area (Å²) in [6, 6.07) is 6.14. The molecule has 1 unspecified atom stereocenters. The van der Waals surface area contributed by atoms with E-state index in [0.29, 0.717) is 12.2 Å². The Balaban J connectivity index is 1.99. The Morgan fingerprint density at radius 2 is 2.35 bits per heavy atom. The number of likely N-dealkylation sites (tertiary alicyclic amines) is 1. The zero-order chi connectivity index (χ0) is 14.6. The minimum Gasteiger partial charge on any atom is -0.323 e. The molecule has 2 atom stereocenters.